The molecule has 2 fully saturated rings. The van der Waals surface area contributed by atoms with E-state index in [9.17, 15) is 9.59 Å². The molecule has 4 rings (SSSR count). The van der Waals surface area contributed by atoms with Gasteiger partial charge in [-0.3, -0.25) is 4.79 Å². The van der Waals surface area contributed by atoms with Crippen LogP contribution >= 0.6 is 0 Å². The fourth-order valence-electron chi connectivity index (χ4n) is 4.17. The molecule has 1 saturated heterocycles. The van der Waals surface area contributed by atoms with Gasteiger partial charge in [-0.2, -0.15) is 9.66 Å². The molecule has 0 bridgehead atoms. The van der Waals surface area contributed by atoms with Gasteiger partial charge in [-0.1, -0.05) is 13.8 Å². The molecule has 2 aliphatic rings. The summed E-state index contributed by atoms with van der Waals surface area (Å²) in [6.45, 7) is 7.92. The quantitative estimate of drug-likeness (QED) is 0.718. The van der Waals surface area contributed by atoms with Crippen molar-refractivity contribution in [2.24, 2.45) is 17.1 Å². The molecule has 2 aromatic rings. The molecule has 140 valence electrons. The van der Waals surface area contributed by atoms with E-state index in [2.05, 4.69) is 28.7 Å². The number of nitrogens with two attached hydrogens (primary N) is 2. The molecule has 1 aliphatic carbocycles. The predicted octanol–water partition coefficient (Wildman–Crippen LogP) is -0.348. The van der Waals surface area contributed by atoms with E-state index in [1.165, 1.54) is 10.7 Å². The van der Waals surface area contributed by atoms with Gasteiger partial charge in [0.2, 0.25) is 5.95 Å². The largest absolute Gasteiger partial charge is 0.356 e. The van der Waals surface area contributed by atoms with Gasteiger partial charge in [0, 0.05) is 19.1 Å². The zero-order valence-electron chi connectivity index (χ0n) is 15.3. The molecule has 26 heavy (non-hydrogen) atoms. The maximum absolute atomic E-state index is 12.5. The van der Waals surface area contributed by atoms with E-state index in [1.807, 2.05) is 6.92 Å². The first kappa shape index (κ1) is 17.0. The number of hydrogen-bond donors (Lipinski definition) is 2. The van der Waals surface area contributed by atoms with Crippen molar-refractivity contribution in [2.75, 3.05) is 23.8 Å². The fraction of sp³-hybridized carbons (Fsp3) is 0.647. The van der Waals surface area contributed by atoms with Crippen LogP contribution in [-0.2, 0) is 0 Å². The highest BCUT2D eigenvalue weighted by Gasteiger charge is 2.42. The Bertz CT molecular complexity index is 987. The lowest BCUT2D eigenvalue weighted by atomic mass is 9.78. The average Bonchev–Trinajstić information content (AvgIpc) is 3.35. The van der Waals surface area contributed by atoms with E-state index >= 15 is 0 Å². The van der Waals surface area contributed by atoms with Crippen LogP contribution in [0, 0.1) is 11.3 Å². The van der Waals surface area contributed by atoms with E-state index in [-0.39, 0.29) is 17.4 Å². The molecule has 2 aromatic heterocycles. The lowest BCUT2D eigenvalue weighted by molar-refractivity contribution is 0.256. The van der Waals surface area contributed by atoms with Crippen LogP contribution in [0.1, 0.15) is 45.1 Å². The Balaban J connectivity index is 1.84. The zero-order valence-corrected chi connectivity index (χ0v) is 15.3. The van der Waals surface area contributed by atoms with Gasteiger partial charge in [-0.25, -0.2) is 14.2 Å². The number of anilines is 1. The Hall–Kier alpha value is -2.42. The van der Waals surface area contributed by atoms with E-state index < -0.39 is 11.2 Å². The molecular weight excluding hydrogens is 334 g/mol. The lowest BCUT2D eigenvalue weighted by Gasteiger charge is -2.27. The molecular formula is C17H25N7O2. The molecule has 0 radical (unpaired) electrons. The van der Waals surface area contributed by atoms with Gasteiger partial charge >= 0.3 is 5.69 Å². The van der Waals surface area contributed by atoms with Crippen molar-refractivity contribution in [2.45, 2.75) is 45.6 Å². The van der Waals surface area contributed by atoms with Crippen molar-refractivity contribution < 1.29 is 0 Å². The van der Waals surface area contributed by atoms with Crippen LogP contribution in [0.15, 0.2) is 15.9 Å². The van der Waals surface area contributed by atoms with E-state index in [4.69, 9.17) is 11.6 Å². The zero-order chi connectivity index (χ0) is 18.8. The number of nitrogens with zero attached hydrogens (tertiary/aromatic N) is 5. The van der Waals surface area contributed by atoms with Gasteiger partial charge in [0.05, 0.1) is 5.56 Å². The summed E-state index contributed by atoms with van der Waals surface area (Å²) in [5.41, 5.74) is 5.99. The van der Waals surface area contributed by atoms with Crippen molar-refractivity contribution >= 4 is 11.6 Å². The maximum atomic E-state index is 12.5. The first-order valence-electron chi connectivity index (χ1n) is 9.00. The summed E-state index contributed by atoms with van der Waals surface area (Å²) < 4.78 is 1.91. The van der Waals surface area contributed by atoms with Crippen LogP contribution in [0.4, 0.5) is 5.95 Å². The normalized spacial score (nSPS) is 23.5. The third-order valence-electron chi connectivity index (χ3n) is 5.75. The molecule has 0 aromatic carbocycles. The van der Waals surface area contributed by atoms with Crippen molar-refractivity contribution in [1.29, 1.82) is 0 Å². The first-order valence-corrected chi connectivity index (χ1v) is 9.00. The van der Waals surface area contributed by atoms with E-state index in [0.717, 1.165) is 25.9 Å². The Labute approximate surface area is 150 Å². The molecule has 2 unspecified atom stereocenters. The van der Waals surface area contributed by atoms with Crippen LogP contribution in [0.5, 0.6) is 0 Å². The van der Waals surface area contributed by atoms with Gasteiger partial charge in [-0.05, 0) is 37.0 Å². The average molecular weight is 359 g/mol. The lowest BCUT2D eigenvalue weighted by Crippen LogP contribution is -2.44. The standard InChI is InChI=1S/C17H25N7O2/c1-9(18)11-6-22(7-17(11,2)3)15-20-8-23-13(21-15)12(10-4-5-10)14(25)24(19)16(23)26/h8-11H,4-7,18-19H2,1-3H3. The summed E-state index contributed by atoms with van der Waals surface area (Å²) in [6, 6.07) is 0.0598. The Morgan fingerprint density at radius 3 is 2.58 bits per heavy atom. The highest BCUT2D eigenvalue weighted by molar-refractivity contribution is 5.53. The number of aromatic nitrogens is 4. The maximum Gasteiger partial charge on any atom is 0.356 e. The molecule has 1 saturated carbocycles. The molecule has 0 amide bonds. The topological polar surface area (TPSA) is 125 Å². The minimum Gasteiger partial charge on any atom is -0.340 e. The smallest absolute Gasteiger partial charge is 0.340 e. The van der Waals surface area contributed by atoms with Crippen molar-refractivity contribution in [1.82, 2.24) is 19.0 Å². The Kier molecular flexibility index (Phi) is 3.62. The van der Waals surface area contributed by atoms with E-state index in [0.29, 0.717) is 27.8 Å². The van der Waals surface area contributed by atoms with Crippen LogP contribution in [0.2, 0.25) is 0 Å². The highest BCUT2D eigenvalue weighted by atomic mass is 16.2. The summed E-state index contributed by atoms with van der Waals surface area (Å²) in [6.07, 6.45) is 3.23. The fourth-order valence-corrected chi connectivity index (χ4v) is 4.17. The van der Waals surface area contributed by atoms with Gasteiger partial charge in [0.15, 0.2) is 5.65 Å². The second-order valence-electron chi connectivity index (χ2n) is 8.33. The second-order valence-corrected chi connectivity index (χ2v) is 8.33. The van der Waals surface area contributed by atoms with Crippen molar-refractivity contribution in [3.8, 4) is 0 Å². The van der Waals surface area contributed by atoms with Crippen molar-refractivity contribution in [3.63, 3.8) is 0 Å². The van der Waals surface area contributed by atoms with Crippen molar-refractivity contribution in [3.05, 3.63) is 32.7 Å². The number of fused-ring (bicyclic) bond motifs is 1. The SMILES string of the molecule is CC(N)C1CN(c2ncn3c(=O)n(N)c(=O)c(C4CC4)c3n2)CC1(C)C. The summed E-state index contributed by atoms with van der Waals surface area (Å²) in [5.74, 6) is 6.60. The minimum absolute atomic E-state index is 0.0311. The third kappa shape index (κ3) is 2.49. The summed E-state index contributed by atoms with van der Waals surface area (Å²) in [7, 11) is 0. The monoisotopic (exact) mass is 359 g/mol. The second kappa shape index (κ2) is 5.54. The molecule has 1 aliphatic heterocycles. The number of rotatable bonds is 3. The summed E-state index contributed by atoms with van der Waals surface area (Å²) >= 11 is 0. The minimum atomic E-state index is -0.629. The molecule has 0 spiro atoms. The van der Waals surface area contributed by atoms with Crippen LogP contribution in [0.3, 0.4) is 0 Å². The van der Waals surface area contributed by atoms with Gasteiger partial charge in [0.25, 0.3) is 5.56 Å². The molecule has 3 heterocycles. The molecule has 9 heteroatoms. The molecule has 9 nitrogen and oxygen atoms in total. The summed E-state index contributed by atoms with van der Waals surface area (Å²) in [4.78, 5) is 35.9. The number of hydrogen-bond acceptors (Lipinski definition) is 7. The van der Waals surface area contributed by atoms with Crippen LogP contribution in [-0.4, -0.2) is 38.2 Å². The predicted molar refractivity (Wildman–Crippen MR) is 98.8 cm³/mol. The third-order valence-corrected chi connectivity index (χ3v) is 5.75. The Morgan fingerprint density at radius 2 is 2.00 bits per heavy atom. The van der Waals surface area contributed by atoms with Crippen LogP contribution in [0.25, 0.3) is 5.65 Å². The van der Waals surface area contributed by atoms with E-state index in [1.54, 1.807) is 0 Å². The van der Waals surface area contributed by atoms with Gasteiger partial charge in [0.1, 0.15) is 6.33 Å². The Morgan fingerprint density at radius 1 is 1.31 bits per heavy atom. The van der Waals surface area contributed by atoms with Crippen LogP contribution < -0.4 is 27.7 Å². The summed E-state index contributed by atoms with van der Waals surface area (Å²) in [5, 5.41) is 0. The number of nitrogen functional groups attached to an aromatic ring is 1. The van der Waals surface area contributed by atoms with Gasteiger partial charge < -0.3 is 16.5 Å². The first-order chi connectivity index (χ1) is 12.2. The van der Waals surface area contributed by atoms with Gasteiger partial charge in [-0.15, -0.1) is 0 Å². The molecule has 2 atom stereocenters. The molecule has 4 N–H and O–H groups in total. The highest BCUT2D eigenvalue weighted by Crippen LogP contribution is 2.40.